The minimum atomic E-state index is -3.06. The lowest BCUT2D eigenvalue weighted by atomic mass is 10.2. The van der Waals surface area contributed by atoms with E-state index in [0.717, 1.165) is 6.20 Å². The molecule has 0 bridgehead atoms. The van der Waals surface area contributed by atoms with Crippen LogP contribution in [0.4, 0.5) is 8.78 Å². The van der Waals surface area contributed by atoms with E-state index < -0.39 is 34.1 Å². The Bertz CT molecular complexity index is 429. The third-order valence-corrected chi connectivity index (χ3v) is 1.78. The highest BCUT2D eigenvalue weighted by Gasteiger charge is 2.23. The van der Waals surface area contributed by atoms with Gasteiger partial charge in [-0.2, -0.15) is 0 Å². The first-order valence-corrected chi connectivity index (χ1v) is 3.75. The summed E-state index contributed by atoms with van der Waals surface area (Å²) < 4.78 is 24.4. The number of carboxylic acid groups (broad SMARTS) is 1. The molecule has 0 fully saturated rings. The molecule has 0 amide bonds. The van der Waals surface area contributed by atoms with Crippen molar-refractivity contribution >= 4 is 17.6 Å². The number of aromatic amines is 1. The summed E-state index contributed by atoms with van der Waals surface area (Å²) in [5.41, 5.74) is -3.08. The number of carbonyl (C=O) groups is 1. The number of H-pyrrole nitrogens is 1. The summed E-state index contributed by atoms with van der Waals surface area (Å²) in [6, 6.07) is 0. The zero-order valence-electron chi connectivity index (χ0n) is 6.55. The van der Waals surface area contributed by atoms with Gasteiger partial charge in [-0.25, -0.2) is 13.6 Å². The molecule has 0 saturated carbocycles. The lowest BCUT2D eigenvalue weighted by molar-refractivity contribution is 0.0680. The SMILES string of the molecule is O=C(O)c1c(C(F)F)[nH]cc(Cl)c1=O. The van der Waals surface area contributed by atoms with Crippen LogP contribution in [0, 0.1) is 0 Å². The first-order valence-electron chi connectivity index (χ1n) is 3.37. The Kier molecular flexibility index (Phi) is 2.85. The molecule has 0 atom stereocenters. The van der Waals surface area contributed by atoms with Crippen LogP contribution in [0.1, 0.15) is 22.5 Å². The summed E-state index contributed by atoms with van der Waals surface area (Å²) in [7, 11) is 0. The number of aromatic nitrogens is 1. The number of alkyl halides is 2. The van der Waals surface area contributed by atoms with Crippen LogP contribution >= 0.6 is 11.6 Å². The van der Waals surface area contributed by atoms with Crippen LogP contribution in [-0.2, 0) is 0 Å². The Morgan fingerprint density at radius 2 is 2.14 bits per heavy atom. The molecule has 1 heterocycles. The molecule has 0 radical (unpaired) electrons. The maximum Gasteiger partial charge on any atom is 0.341 e. The minimum absolute atomic E-state index is 0.438. The van der Waals surface area contributed by atoms with Gasteiger partial charge in [0, 0.05) is 6.20 Å². The summed E-state index contributed by atoms with van der Waals surface area (Å²) in [5.74, 6) is -1.73. The molecule has 14 heavy (non-hydrogen) atoms. The summed E-state index contributed by atoms with van der Waals surface area (Å²) in [5, 5.41) is 8.07. The Morgan fingerprint density at radius 3 is 2.57 bits per heavy atom. The van der Waals surface area contributed by atoms with Crippen molar-refractivity contribution in [2.45, 2.75) is 6.43 Å². The van der Waals surface area contributed by atoms with E-state index in [4.69, 9.17) is 16.7 Å². The maximum atomic E-state index is 12.2. The molecule has 0 aromatic carbocycles. The number of pyridine rings is 1. The molecule has 2 N–H and O–H groups in total. The van der Waals surface area contributed by atoms with Gasteiger partial charge < -0.3 is 10.1 Å². The fourth-order valence-electron chi connectivity index (χ4n) is 0.905. The van der Waals surface area contributed by atoms with Crippen molar-refractivity contribution in [3.05, 3.63) is 32.7 Å². The fourth-order valence-corrected chi connectivity index (χ4v) is 1.05. The molecule has 7 heteroatoms. The molecule has 1 rings (SSSR count). The summed E-state index contributed by atoms with van der Waals surface area (Å²) in [4.78, 5) is 23.5. The van der Waals surface area contributed by atoms with Crippen molar-refractivity contribution in [3.63, 3.8) is 0 Å². The van der Waals surface area contributed by atoms with E-state index in [0.29, 0.717) is 0 Å². The Balaban J connectivity index is 3.54. The molecule has 0 spiro atoms. The van der Waals surface area contributed by atoms with Crippen LogP contribution in [0.2, 0.25) is 5.02 Å². The van der Waals surface area contributed by atoms with Crippen LogP contribution in [0.25, 0.3) is 0 Å². The third-order valence-electron chi connectivity index (χ3n) is 1.50. The number of hydrogen-bond acceptors (Lipinski definition) is 2. The molecule has 1 aromatic heterocycles. The third kappa shape index (κ3) is 1.74. The lowest BCUT2D eigenvalue weighted by Gasteiger charge is -2.03. The largest absolute Gasteiger partial charge is 0.477 e. The summed E-state index contributed by atoms with van der Waals surface area (Å²) >= 11 is 5.28. The number of halogens is 3. The van der Waals surface area contributed by atoms with Crippen LogP contribution in [0.5, 0.6) is 0 Å². The van der Waals surface area contributed by atoms with E-state index >= 15 is 0 Å². The van der Waals surface area contributed by atoms with Gasteiger partial charge in [0.1, 0.15) is 16.3 Å². The van der Waals surface area contributed by atoms with E-state index in [1.165, 1.54) is 0 Å². The van der Waals surface area contributed by atoms with Crippen LogP contribution < -0.4 is 5.43 Å². The molecule has 0 aliphatic carbocycles. The number of aromatic carboxylic acids is 1. The molecule has 0 aliphatic rings. The van der Waals surface area contributed by atoms with Gasteiger partial charge >= 0.3 is 5.97 Å². The first kappa shape index (κ1) is 10.6. The first-order chi connectivity index (χ1) is 6.45. The van der Waals surface area contributed by atoms with Gasteiger partial charge in [0.05, 0.1) is 0 Å². The van der Waals surface area contributed by atoms with Crippen LogP contribution in [-0.4, -0.2) is 16.1 Å². The zero-order valence-corrected chi connectivity index (χ0v) is 7.31. The molecule has 76 valence electrons. The predicted molar refractivity (Wildman–Crippen MR) is 44.0 cm³/mol. The van der Waals surface area contributed by atoms with E-state index in [1.807, 2.05) is 4.98 Å². The standard InChI is InChI=1S/C7H4ClF2NO3/c8-2-1-11-4(6(9)10)3(5(2)12)7(13)14/h1,6H,(H,11,12)(H,13,14). The zero-order chi connectivity index (χ0) is 10.9. The maximum absolute atomic E-state index is 12.2. The van der Waals surface area contributed by atoms with Crippen molar-refractivity contribution < 1.29 is 18.7 Å². The number of rotatable bonds is 2. The summed E-state index contributed by atoms with van der Waals surface area (Å²) in [6.07, 6.45) is -2.23. The van der Waals surface area contributed by atoms with Gasteiger partial charge in [0.15, 0.2) is 0 Å². The molecular weight excluding hydrogens is 220 g/mol. The quantitative estimate of drug-likeness (QED) is 0.801. The molecule has 0 unspecified atom stereocenters. The monoisotopic (exact) mass is 223 g/mol. The van der Waals surface area contributed by atoms with Gasteiger partial charge in [-0.3, -0.25) is 4.79 Å². The van der Waals surface area contributed by atoms with Crippen molar-refractivity contribution in [3.8, 4) is 0 Å². The molecule has 0 aliphatic heterocycles. The van der Waals surface area contributed by atoms with Crippen molar-refractivity contribution in [1.82, 2.24) is 4.98 Å². The van der Waals surface area contributed by atoms with Gasteiger partial charge in [0.2, 0.25) is 5.43 Å². The van der Waals surface area contributed by atoms with Gasteiger partial charge in [0.25, 0.3) is 6.43 Å². The molecular formula is C7H4ClF2NO3. The van der Waals surface area contributed by atoms with Crippen molar-refractivity contribution in [2.24, 2.45) is 0 Å². The average Bonchev–Trinajstić information content (AvgIpc) is 2.08. The van der Waals surface area contributed by atoms with E-state index in [1.54, 1.807) is 0 Å². The van der Waals surface area contributed by atoms with Crippen LogP contribution in [0.15, 0.2) is 11.0 Å². The molecule has 1 aromatic rings. The smallest absolute Gasteiger partial charge is 0.341 e. The topological polar surface area (TPSA) is 70.2 Å². The molecule has 0 saturated heterocycles. The highest BCUT2D eigenvalue weighted by molar-refractivity contribution is 6.30. The second-order valence-corrected chi connectivity index (χ2v) is 2.77. The minimum Gasteiger partial charge on any atom is -0.477 e. The van der Waals surface area contributed by atoms with Gasteiger partial charge in [-0.15, -0.1) is 0 Å². The Hall–Kier alpha value is -1.43. The van der Waals surface area contributed by atoms with E-state index in [9.17, 15) is 18.4 Å². The second kappa shape index (κ2) is 3.75. The highest BCUT2D eigenvalue weighted by Crippen LogP contribution is 2.19. The average molecular weight is 224 g/mol. The summed E-state index contributed by atoms with van der Waals surface area (Å²) in [6.45, 7) is 0. The number of carboxylic acids is 1. The van der Waals surface area contributed by atoms with Crippen molar-refractivity contribution in [1.29, 1.82) is 0 Å². The Morgan fingerprint density at radius 1 is 1.57 bits per heavy atom. The van der Waals surface area contributed by atoms with E-state index in [2.05, 4.69) is 0 Å². The lowest BCUT2D eigenvalue weighted by Crippen LogP contribution is -2.19. The number of hydrogen-bond donors (Lipinski definition) is 2. The van der Waals surface area contributed by atoms with Gasteiger partial charge in [-0.1, -0.05) is 11.6 Å². The normalized spacial score (nSPS) is 10.6. The predicted octanol–water partition coefficient (Wildman–Crippen LogP) is 1.66. The fraction of sp³-hybridized carbons (Fsp3) is 0.143. The highest BCUT2D eigenvalue weighted by atomic mass is 35.5. The number of nitrogens with one attached hydrogen (secondary N) is 1. The van der Waals surface area contributed by atoms with E-state index in [-0.39, 0.29) is 0 Å². The van der Waals surface area contributed by atoms with Crippen molar-refractivity contribution in [2.75, 3.05) is 0 Å². The second-order valence-electron chi connectivity index (χ2n) is 2.36. The van der Waals surface area contributed by atoms with Gasteiger partial charge in [-0.05, 0) is 0 Å². The Labute approximate surface area is 81.1 Å². The van der Waals surface area contributed by atoms with Crippen LogP contribution in [0.3, 0.4) is 0 Å². The molecule has 4 nitrogen and oxygen atoms in total.